The molecule has 2 heterocycles. The van der Waals surface area contributed by atoms with E-state index in [9.17, 15) is 13.2 Å². The van der Waals surface area contributed by atoms with E-state index in [1.54, 1.807) is 12.1 Å². The van der Waals surface area contributed by atoms with Gasteiger partial charge in [-0.3, -0.25) is 4.79 Å². The zero-order valence-electron chi connectivity index (χ0n) is 13.0. The molecule has 2 aromatic rings. The standard InChI is InChI=1S/C16H19N3O3S2/c20-16(19-14-4-6-17-10-14)13-2-1-3-15(8-13)24(21,22)18-9-12-5-7-23-11-12/h1-3,5,7-8,11,14,17-18H,4,6,9-10H2,(H,19,20)/t14-/m1/s1. The van der Waals surface area contributed by atoms with Crippen LogP contribution in [0.2, 0.25) is 0 Å². The zero-order valence-corrected chi connectivity index (χ0v) is 14.6. The summed E-state index contributed by atoms with van der Waals surface area (Å²) in [6.07, 6.45) is 0.881. The molecule has 1 saturated heterocycles. The monoisotopic (exact) mass is 365 g/mol. The van der Waals surface area contributed by atoms with Gasteiger partial charge in [-0.1, -0.05) is 6.07 Å². The van der Waals surface area contributed by atoms with Crippen molar-refractivity contribution in [2.45, 2.75) is 23.9 Å². The summed E-state index contributed by atoms with van der Waals surface area (Å²) in [5, 5.41) is 9.87. The number of carbonyl (C=O) groups excluding carboxylic acids is 1. The maximum Gasteiger partial charge on any atom is 0.251 e. The van der Waals surface area contributed by atoms with E-state index in [0.29, 0.717) is 5.56 Å². The van der Waals surface area contributed by atoms with E-state index in [-0.39, 0.29) is 23.4 Å². The Kier molecular flexibility index (Phi) is 5.30. The van der Waals surface area contributed by atoms with Crippen LogP contribution < -0.4 is 15.4 Å². The molecular weight excluding hydrogens is 346 g/mol. The number of sulfonamides is 1. The lowest BCUT2D eigenvalue weighted by Crippen LogP contribution is -2.36. The first kappa shape index (κ1) is 17.1. The molecule has 1 atom stereocenters. The van der Waals surface area contributed by atoms with Crippen molar-refractivity contribution >= 4 is 27.3 Å². The van der Waals surface area contributed by atoms with Gasteiger partial charge in [0.25, 0.3) is 5.91 Å². The molecule has 0 unspecified atom stereocenters. The Hall–Kier alpha value is -1.74. The van der Waals surface area contributed by atoms with Crippen LogP contribution in [0.3, 0.4) is 0 Å². The molecule has 3 N–H and O–H groups in total. The summed E-state index contributed by atoms with van der Waals surface area (Å²) in [5.41, 5.74) is 1.26. The Bertz CT molecular complexity index is 798. The van der Waals surface area contributed by atoms with Gasteiger partial charge in [-0.2, -0.15) is 11.3 Å². The molecule has 1 aliphatic rings. The lowest BCUT2D eigenvalue weighted by atomic mass is 10.2. The molecule has 6 nitrogen and oxygen atoms in total. The molecule has 0 spiro atoms. The third kappa shape index (κ3) is 4.21. The Morgan fingerprint density at radius 1 is 1.33 bits per heavy atom. The fraction of sp³-hybridized carbons (Fsp3) is 0.312. The summed E-state index contributed by atoms with van der Waals surface area (Å²) < 4.78 is 27.3. The van der Waals surface area contributed by atoms with E-state index < -0.39 is 10.0 Å². The highest BCUT2D eigenvalue weighted by Crippen LogP contribution is 2.14. The van der Waals surface area contributed by atoms with Gasteiger partial charge in [-0.05, 0) is 53.6 Å². The minimum atomic E-state index is -3.66. The summed E-state index contributed by atoms with van der Waals surface area (Å²) in [7, 11) is -3.66. The van der Waals surface area contributed by atoms with E-state index >= 15 is 0 Å². The van der Waals surface area contributed by atoms with Crippen molar-refractivity contribution < 1.29 is 13.2 Å². The van der Waals surface area contributed by atoms with Gasteiger partial charge in [0.1, 0.15) is 0 Å². The normalized spacial score (nSPS) is 17.8. The predicted molar refractivity (Wildman–Crippen MR) is 93.5 cm³/mol. The Morgan fingerprint density at radius 3 is 2.92 bits per heavy atom. The van der Waals surface area contributed by atoms with Crippen molar-refractivity contribution in [2.75, 3.05) is 13.1 Å². The molecule has 1 aromatic heterocycles. The smallest absolute Gasteiger partial charge is 0.251 e. The van der Waals surface area contributed by atoms with Gasteiger partial charge in [0.05, 0.1) is 4.90 Å². The van der Waals surface area contributed by atoms with Crippen molar-refractivity contribution in [3.05, 3.63) is 52.2 Å². The minimum absolute atomic E-state index is 0.0921. The Morgan fingerprint density at radius 2 is 2.21 bits per heavy atom. The molecule has 0 aliphatic carbocycles. The maximum atomic E-state index is 12.4. The van der Waals surface area contributed by atoms with E-state index in [2.05, 4.69) is 15.4 Å². The highest BCUT2D eigenvalue weighted by molar-refractivity contribution is 7.89. The van der Waals surface area contributed by atoms with E-state index in [1.807, 2.05) is 16.8 Å². The van der Waals surface area contributed by atoms with Crippen molar-refractivity contribution in [1.29, 1.82) is 0 Å². The first-order chi connectivity index (χ1) is 11.5. The quantitative estimate of drug-likeness (QED) is 0.720. The fourth-order valence-corrected chi connectivity index (χ4v) is 4.24. The molecule has 1 aliphatic heterocycles. The number of carbonyl (C=O) groups is 1. The first-order valence-electron chi connectivity index (χ1n) is 7.67. The van der Waals surface area contributed by atoms with Crippen molar-refractivity contribution in [3.8, 4) is 0 Å². The second-order valence-electron chi connectivity index (χ2n) is 5.65. The third-order valence-corrected chi connectivity index (χ3v) is 5.98. The molecule has 0 saturated carbocycles. The average molecular weight is 365 g/mol. The molecule has 0 radical (unpaired) electrons. The highest BCUT2D eigenvalue weighted by Gasteiger charge is 2.20. The second kappa shape index (κ2) is 7.43. The van der Waals surface area contributed by atoms with Gasteiger partial charge < -0.3 is 10.6 Å². The summed E-state index contributed by atoms with van der Waals surface area (Å²) in [6, 6.07) is 8.07. The van der Waals surface area contributed by atoms with E-state index in [4.69, 9.17) is 0 Å². The number of thiophene rings is 1. The van der Waals surface area contributed by atoms with Crippen LogP contribution in [-0.4, -0.2) is 33.5 Å². The number of rotatable bonds is 6. The van der Waals surface area contributed by atoms with Crippen LogP contribution in [0.1, 0.15) is 22.3 Å². The first-order valence-corrected chi connectivity index (χ1v) is 10.1. The molecule has 0 bridgehead atoms. The average Bonchev–Trinajstić information content (AvgIpc) is 3.27. The lowest BCUT2D eigenvalue weighted by Gasteiger charge is -2.12. The largest absolute Gasteiger partial charge is 0.348 e. The molecule has 1 amide bonds. The van der Waals surface area contributed by atoms with Crippen LogP contribution in [0, 0.1) is 0 Å². The van der Waals surface area contributed by atoms with E-state index in [1.165, 1.54) is 23.5 Å². The molecule has 24 heavy (non-hydrogen) atoms. The van der Waals surface area contributed by atoms with Gasteiger partial charge in [0, 0.05) is 24.7 Å². The number of nitrogens with one attached hydrogen (secondary N) is 3. The number of benzene rings is 1. The molecule has 1 aromatic carbocycles. The van der Waals surface area contributed by atoms with E-state index in [0.717, 1.165) is 25.1 Å². The molecule has 128 valence electrons. The topological polar surface area (TPSA) is 87.3 Å². The van der Waals surface area contributed by atoms with Crippen molar-refractivity contribution in [2.24, 2.45) is 0 Å². The summed E-state index contributed by atoms with van der Waals surface area (Å²) in [4.78, 5) is 12.4. The second-order valence-corrected chi connectivity index (χ2v) is 8.19. The number of hydrogen-bond donors (Lipinski definition) is 3. The van der Waals surface area contributed by atoms with Gasteiger partial charge in [-0.15, -0.1) is 0 Å². The van der Waals surface area contributed by atoms with Gasteiger partial charge in [0.15, 0.2) is 0 Å². The SMILES string of the molecule is O=C(N[C@@H]1CCNC1)c1cccc(S(=O)(=O)NCc2ccsc2)c1. The van der Waals surface area contributed by atoms with Gasteiger partial charge in [0.2, 0.25) is 10.0 Å². The van der Waals surface area contributed by atoms with Crippen LogP contribution in [0.5, 0.6) is 0 Å². The molecule has 3 rings (SSSR count). The van der Waals surface area contributed by atoms with Crippen LogP contribution >= 0.6 is 11.3 Å². The Labute approximate surface area is 145 Å². The minimum Gasteiger partial charge on any atom is -0.348 e. The lowest BCUT2D eigenvalue weighted by molar-refractivity contribution is 0.0940. The number of hydrogen-bond acceptors (Lipinski definition) is 5. The fourth-order valence-electron chi connectivity index (χ4n) is 2.51. The predicted octanol–water partition coefficient (Wildman–Crippen LogP) is 1.32. The number of amides is 1. The van der Waals surface area contributed by atoms with Crippen molar-refractivity contribution in [3.63, 3.8) is 0 Å². The highest BCUT2D eigenvalue weighted by atomic mass is 32.2. The van der Waals surface area contributed by atoms with Crippen LogP contribution in [0.25, 0.3) is 0 Å². The zero-order chi connectivity index (χ0) is 17.0. The third-order valence-electron chi connectivity index (χ3n) is 3.85. The van der Waals surface area contributed by atoms with Crippen LogP contribution in [0.4, 0.5) is 0 Å². The Balaban J connectivity index is 1.70. The van der Waals surface area contributed by atoms with Crippen LogP contribution in [-0.2, 0) is 16.6 Å². The summed E-state index contributed by atoms with van der Waals surface area (Å²) in [5.74, 6) is -0.251. The van der Waals surface area contributed by atoms with Gasteiger partial charge >= 0.3 is 0 Å². The van der Waals surface area contributed by atoms with Gasteiger partial charge in [-0.25, -0.2) is 13.1 Å². The summed E-state index contributed by atoms with van der Waals surface area (Å²) >= 11 is 1.51. The molecule has 1 fully saturated rings. The van der Waals surface area contributed by atoms with Crippen LogP contribution in [0.15, 0.2) is 46.0 Å². The molecular formula is C16H19N3O3S2. The molecule has 8 heteroatoms. The van der Waals surface area contributed by atoms with Crippen molar-refractivity contribution in [1.82, 2.24) is 15.4 Å². The summed E-state index contributed by atoms with van der Waals surface area (Å²) in [6.45, 7) is 1.85. The maximum absolute atomic E-state index is 12.4.